The Morgan fingerprint density at radius 2 is 1.94 bits per heavy atom. The topological polar surface area (TPSA) is 84.6 Å². The SMILES string of the molecule is CCc1oc(-c2ccc(OC)cc2)nc1CCOc1ccc2c(c1)CCC2CC(=O)[O-].[Na+]. The molecule has 7 heteroatoms. The van der Waals surface area contributed by atoms with Crippen LogP contribution in [-0.2, 0) is 24.1 Å². The fraction of sp³-hybridized carbons (Fsp3) is 0.360. The van der Waals surface area contributed by atoms with Gasteiger partial charge in [-0.25, -0.2) is 4.98 Å². The van der Waals surface area contributed by atoms with Crippen LogP contribution in [0.15, 0.2) is 46.9 Å². The molecule has 4 rings (SSSR count). The molecular weight excluding hydrogens is 417 g/mol. The van der Waals surface area contributed by atoms with Crippen molar-refractivity contribution < 1.29 is 53.3 Å². The van der Waals surface area contributed by atoms with E-state index in [1.807, 2.05) is 49.4 Å². The van der Waals surface area contributed by atoms with E-state index < -0.39 is 5.97 Å². The first-order valence-corrected chi connectivity index (χ1v) is 10.7. The third kappa shape index (κ3) is 5.55. The number of methoxy groups -OCH3 is 1. The van der Waals surface area contributed by atoms with Gasteiger partial charge in [-0.3, -0.25) is 0 Å². The standard InChI is InChI=1S/C25H27NO5.Na/c1-3-23-22(26-25(31-23)16-6-8-19(29-2)9-7-16)12-13-30-20-10-11-21-17(14-20)4-5-18(21)15-24(27)28;/h6-11,14,18H,3-5,12-13,15H2,1-2H3,(H,27,28);/q;+1/p-1. The Morgan fingerprint density at radius 1 is 1.19 bits per heavy atom. The largest absolute Gasteiger partial charge is 1.00 e. The van der Waals surface area contributed by atoms with Gasteiger partial charge in [-0.1, -0.05) is 13.0 Å². The molecular formula is C25H26NNaO5. The Labute approximate surface area is 210 Å². The van der Waals surface area contributed by atoms with Gasteiger partial charge in [0.05, 0.1) is 19.4 Å². The van der Waals surface area contributed by atoms with E-state index in [-0.39, 0.29) is 41.9 Å². The van der Waals surface area contributed by atoms with E-state index in [4.69, 9.17) is 13.9 Å². The summed E-state index contributed by atoms with van der Waals surface area (Å²) < 4.78 is 17.1. The van der Waals surface area contributed by atoms with Crippen molar-refractivity contribution in [1.29, 1.82) is 0 Å². The van der Waals surface area contributed by atoms with Crippen LogP contribution in [0.4, 0.5) is 0 Å². The summed E-state index contributed by atoms with van der Waals surface area (Å²) in [5.74, 6) is 2.11. The minimum Gasteiger partial charge on any atom is -0.550 e. The molecule has 1 unspecified atom stereocenters. The van der Waals surface area contributed by atoms with Crippen LogP contribution < -0.4 is 44.1 Å². The number of carboxylic acids is 1. The quantitative estimate of drug-likeness (QED) is 0.453. The zero-order chi connectivity index (χ0) is 21.8. The third-order valence-corrected chi connectivity index (χ3v) is 5.77. The molecule has 2 aromatic carbocycles. The number of carbonyl (C=O) groups is 1. The van der Waals surface area contributed by atoms with E-state index in [1.54, 1.807) is 7.11 Å². The first-order chi connectivity index (χ1) is 15.1. The molecule has 6 nitrogen and oxygen atoms in total. The van der Waals surface area contributed by atoms with Gasteiger partial charge in [-0.2, -0.15) is 0 Å². The van der Waals surface area contributed by atoms with Gasteiger partial charge < -0.3 is 23.8 Å². The van der Waals surface area contributed by atoms with Gasteiger partial charge in [0.2, 0.25) is 5.89 Å². The molecule has 162 valence electrons. The average Bonchev–Trinajstić information content (AvgIpc) is 3.37. The van der Waals surface area contributed by atoms with Crippen molar-refractivity contribution in [3.8, 4) is 23.0 Å². The van der Waals surface area contributed by atoms with Crippen LogP contribution in [0.1, 0.15) is 48.3 Å². The fourth-order valence-corrected chi connectivity index (χ4v) is 4.16. The number of hydrogen-bond acceptors (Lipinski definition) is 6. The van der Waals surface area contributed by atoms with Crippen LogP contribution >= 0.6 is 0 Å². The average molecular weight is 443 g/mol. The molecule has 0 N–H and O–H groups in total. The molecule has 0 radical (unpaired) electrons. The van der Waals surface area contributed by atoms with Gasteiger partial charge >= 0.3 is 29.6 Å². The molecule has 0 aliphatic heterocycles. The first-order valence-electron chi connectivity index (χ1n) is 10.7. The molecule has 0 amide bonds. The number of hydrogen-bond donors (Lipinski definition) is 0. The number of fused-ring (bicyclic) bond motifs is 1. The maximum absolute atomic E-state index is 10.9. The molecule has 1 aliphatic rings. The fourth-order valence-electron chi connectivity index (χ4n) is 4.16. The third-order valence-electron chi connectivity index (χ3n) is 5.77. The van der Waals surface area contributed by atoms with Gasteiger partial charge in [-0.15, -0.1) is 0 Å². The minimum atomic E-state index is -0.994. The Kier molecular flexibility index (Phi) is 8.40. The number of rotatable bonds is 9. The Balaban J connectivity index is 0.00000289. The van der Waals surface area contributed by atoms with Gasteiger partial charge in [0.15, 0.2) is 0 Å². The van der Waals surface area contributed by atoms with Crippen LogP contribution in [0, 0.1) is 0 Å². The van der Waals surface area contributed by atoms with Crippen molar-refractivity contribution in [2.45, 2.75) is 44.9 Å². The maximum Gasteiger partial charge on any atom is 1.00 e. The van der Waals surface area contributed by atoms with Crippen molar-refractivity contribution in [1.82, 2.24) is 4.98 Å². The maximum atomic E-state index is 10.9. The second-order valence-electron chi connectivity index (χ2n) is 7.74. The summed E-state index contributed by atoms with van der Waals surface area (Å²) in [6.07, 6.45) is 3.21. The number of aliphatic carboxylic acids is 1. The number of nitrogens with zero attached hydrogens (tertiary/aromatic N) is 1. The molecule has 0 saturated heterocycles. The number of ether oxygens (including phenoxy) is 2. The summed E-state index contributed by atoms with van der Waals surface area (Å²) in [7, 11) is 1.64. The second kappa shape index (κ2) is 11.0. The first kappa shape index (κ1) is 24.4. The second-order valence-corrected chi connectivity index (χ2v) is 7.74. The number of oxazole rings is 1. The molecule has 1 atom stereocenters. The molecule has 0 saturated carbocycles. The summed E-state index contributed by atoms with van der Waals surface area (Å²) in [6, 6.07) is 13.6. The normalized spacial score (nSPS) is 14.5. The summed E-state index contributed by atoms with van der Waals surface area (Å²) in [6.45, 7) is 2.54. The predicted octanol–water partition coefficient (Wildman–Crippen LogP) is 0.708. The summed E-state index contributed by atoms with van der Waals surface area (Å²) in [5, 5.41) is 10.9. The number of aromatic nitrogens is 1. The van der Waals surface area contributed by atoms with Gasteiger partial charge in [0, 0.05) is 24.4 Å². The van der Waals surface area contributed by atoms with Crippen LogP contribution in [0.2, 0.25) is 0 Å². The van der Waals surface area contributed by atoms with Crippen LogP contribution in [-0.4, -0.2) is 24.7 Å². The Bertz CT molecular complexity index is 1060. The summed E-state index contributed by atoms with van der Waals surface area (Å²) in [4.78, 5) is 15.6. The molecule has 0 fully saturated rings. The van der Waals surface area contributed by atoms with Crippen LogP contribution in [0.5, 0.6) is 11.5 Å². The molecule has 3 aromatic rings. The summed E-state index contributed by atoms with van der Waals surface area (Å²) in [5.41, 5.74) is 4.09. The predicted molar refractivity (Wildman–Crippen MR) is 114 cm³/mol. The van der Waals surface area contributed by atoms with Gasteiger partial charge in [0.1, 0.15) is 17.3 Å². The van der Waals surface area contributed by atoms with Crippen LogP contribution in [0.3, 0.4) is 0 Å². The van der Waals surface area contributed by atoms with E-state index in [2.05, 4.69) is 4.98 Å². The monoisotopic (exact) mass is 443 g/mol. The zero-order valence-electron chi connectivity index (χ0n) is 18.8. The Hall–Kier alpha value is -2.28. The van der Waals surface area contributed by atoms with E-state index in [0.717, 1.165) is 53.3 Å². The van der Waals surface area contributed by atoms with Crippen LogP contribution in [0.25, 0.3) is 11.5 Å². The van der Waals surface area contributed by atoms with Crippen molar-refractivity contribution in [2.75, 3.05) is 13.7 Å². The number of carbonyl (C=O) groups excluding carboxylic acids is 1. The Morgan fingerprint density at radius 3 is 2.62 bits per heavy atom. The van der Waals surface area contributed by atoms with Crippen molar-refractivity contribution in [3.05, 3.63) is 65.0 Å². The summed E-state index contributed by atoms with van der Waals surface area (Å²) >= 11 is 0. The van der Waals surface area contributed by atoms with E-state index in [0.29, 0.717) is 18.9 Å². The van der Waals surface area contributed by atoms with Crippen molar-refractivity contribution >= 4 is 5.97 Å². The minimum absolute atomic E-state index is 0. The number of carboxylic acid groups (broad SMARTS) is 1. The van der Waals surface area contributed by atoms with E-state index in [1.165, 1.54) is 5.56 Å². The molecule has 0 bridgehead atoms. The number of aryl methyl sites for hydroxylation is 2. The molecule has 32 heavy (non-hydrogen) atoms. The molecule has 1 aliphatic carbocycles. The number of benzene rings is 2. The van der Waals surface area contributed by atoms with E-state index >= 15 is 0 Å². The van der Waals surface area contributed by atoms with Gasteiger partial charge in [0.25, 0.3) is 0 Å². The van der Waals surface area contributed by atoms with Gasteiger partial charge in [-0.05, 0) is 72.7 Å². The van der Waals surface area contributed by atoms with Crippen molar-refractivity contribution in [2.24, 2.45) is 0 Å². The zero-order valence-corrected chi connectivity index (χ0v) is 20.8. The van der Waals surface area contributed by atoms with E-state index in [9.17, 15) is 9.90 Å². The smallest absolute Gasteiger partial charge is 0.550 e. The van der Waals surface area contributed by atoms with Crippen molar-refractivity contribution in [3.63, 3.8) is 0 Å². The molecule has 1 aromatic heterocycles. The molecule has 0 spiro atoms. The molecule has 1 heterocycles.